The number of aliphatic hydroxyl groups is 2. The lowest BCUT2D eigenvalue weighted by atomic mass is 10.4. The molecule has 0 saturated heterocycles. The second kappa shape index (κ2) is 4.74. The molecule has 0 fully saturated rings. The van der Waals surface area contributed by atoms with Crippen molar-refractivity contribution < 1.29 is 14.9 Å². The van der Waals surface area contributed by atoms with Gasteiger partial charge in [0.15, 0.2) is 0 Å². The van der Waals surface area contributed by atoms with Gasteiger partial charge in [0.05, 0.1) is 24.7 Å². The van der Waals surface area contributed by atoms with Gasteiger partial charge in [0, 0.05) is 0 Å². The molecule has 0 radical (unpaired) electrons. The fourth-order valence-electron chi connectivity index (χ4n) is 0.690. The monoisotopic (exact) mass is 184 g/mol. The minimum Gasteiger partial charge on any atom is -0.474 e. The Kier molecular flexibility index (Phi) is 3.60. The lowest BCUT2D eigenvalue weighted by molar-refractivity contribution is 0.0519. The molecule has 72 valence electrons. The van der Waals surface area contributed by atoms with Crippen LogP contribution in [-0.4, -0.2) is 39.5 Å². The molecule has 0 amide bonds. The topological polar surface area (TPSA) is 75.5 Å². The van der Waals surface area contributed by atoms with Gasteiger partial charge >= 0.3 is 0 Å². The molecule has 1 rings (SSSR count). The van der Waals surface area contributed by atoms with Gasteiger partial charge in [-0.25, -0.2) is 4.98 Å². The summed E-state index contributed by atoms with van der Waals surface area (Å²) in [5, 5.41) is 17.4. The summed E-state index contributed by atoms with van der Waals surface area (Å²) in [4.78, 5) is 7.86. The van der Waals surface area contributed by atoms with Gasteiger partial charge in [0.25, 0.3) is 0 Å². The van der Waals surface area contributed by atoms with Gasteiger partial charge in [0.1, 0.15) is 12.7 Å². The molecule has 2 N–H and O–H groups in total. The Labute approximate surface area is 76.0 Å². The molecule has 0 aliphatic heterocycles. The van der Waals surface area contributed by atoms with Gasteiger partial charge in [-0.1, -0.05) is 0 Å². The van der Waals surface area contributed by atoms with Gasteiger partial charge in [-0.2, -0.15) is 0 Å². The predicted octanol–water partition coefficient (Wildman–Crippen LogP) is -0.483. The van der Waals surface area contributed by atoms with Crippen molar-refractivity contribution in [1.82, 2.24) is 9.97 Å². The van der Waals surface area contributed by atoms with Crippen molar-refractivity contribution in [2.24, 2.45) is 0 Å². The molecule has 0 aromatic carbocycles. The van der Waals surface area contributed by atoms with E-state index in [1.165, 1.54) is 6.20 Å². The number of hydrogen-bond donors (Lipinski definition) is 2. The van der Waals surface area contributed by atoms with Crippen molar-refractivity contribution in [3.63, 3.8) is 0 Å². The van der Waals surface area contributed by atoms with Crippen LogP contribution in [0, 0.1) is 6.92 Å². The summed E-state index contributed by atoms with van der Waals surface area (Å²) in [6.07, 6.45) is 2.17. The Morgan fingerprint density at radius 1 is 1.46 bits per heavy atom. The maximum atomic E-state index is 8.95. The van der Waals surface area contributed by atoms with E-state index in [1.807, 2.05) is 6.92 Å². The first kappa shape index (κ1) is 9.88. The van der Waals surface area contributed by atoms with Crippen LogP contribution < -0.4 is 4.74 Å². The smallest absolute Gasteiger partial charge is 0.232 e. The highest BCUT2D eigenvalue weighted by atomic mass is 16.5. The summed E-state index contributed by atoms with van der Waals surface area (Å²) < 4.78 is 5.03. The summed E-state index contributed by atoms with van der Waals surface area (Å²) >= 11 is 0. The highest BCUT2D eigenvalue weighted by molar-refractivity contribution is 5.05. The van der Waals surface area contributed by atoms with E-state index in [0.29, 0.717) is 5.88 Å². The molecule has 0 aliphatic rings. The van der Waals surface area contributed by atoms with E-state index in [0.717, 1.165) is 5.69 Å². The first-order valence-electron chi connectivity index (χ1n) is 3.92. The van der Waals surface area contributed by atoms with Crippen molar-refractivity contribution in [2.45, 2.75) is 13.0 Å². The minimum atomic E-state index is -0.872. The third kappa shape index (κ3) is 3.35. The first-order valence-corrected chi connectivity index (χ1v) is 3.92. The van der Waals surface area contributed by atoms with E-state index >= 15 is 0 Å². The third-order valence-electron chi connectivity index (χ3n) is 1.39. The number of hydrogen-bond acceptors (Lipinski definition) is 5. The number of aliphatic hydroxyl groups excluding tert-OH is 2. The third-order valence-corrected chi connectivity index (χ3v) is 1.39. The van der Waals surface area contributed by atoms with E-state index in [2.05, 4.69) is 9.97 Å². The highest BCUT2D eigenvalue weighted by Gasteiger charge is 2.03. The number of ether oxygens (including phenoxy) is 1. The fraction of sp³-hybridized carbons (Fsp3) is 0.500. The summed E-state index contributed by atoms with van der Waals surface area (Å²) in [6, 6.07) is 0. The van der Waals surface area contributed by atoms with E-state index in [9.17, 15) is 0 Å². The van der Waals surface area contributed by atoms with Gasteiger partial charge in [-0.15, -0.1) is 0 Å². The van der Waals surface area contributed by atoms with E-state index in [-0.39, 0.29) is 13.2 Å². The molecule has 5 nitrogen and oxygen atoms in total. The van der Waals surface area contributed by atoms with Crippen LogP contribution in [0.5, 0.6) is 5.88 Å². The molecule has 0 aliphatic carbocycles. The van der Waals surface area contributed by atoms with E-state index in [4.69, 9.17) is 14.9 Å². The molecule has 0 bridgehead atoms. The lowest BCUT2D eigenvalue weighted by Gasteiger charge is -2.08. The van der Waals surface area contributed by atoms with Crippen molar-refractivity contribution in [1.29, 1.82) is 0 Å². The highest BCUT2D eigenvalue weighted by Crippen LogP contribution is 2.03. The summed E-state index contributed by atoms with van der Waals surface area (Å²) in [6.45, 7) is 1.52. The van der Waals surface area contributed by atoms with Crippen molar-refractivity contribution in [3.8, 4) is 5.88 Å². The Balaban J connectivity index is 2.41. The molecule has 0 saturated carbocycles. The van der Waals surface area contributed by atoms with Crippen LogP contribution in [0.1, 0.15) is 5.69 Å². The molecule has 13 heavy (non-hydrogen) atoms. The quantitative estimate of drug-likeness (QED) is 0.660. The maximum Gasteiger partial charge on any atom is 0.232 e. The van der Waals surface area contributed by atoms with Gasteiger partial charge in [0.2, 0.25) is 5.88 Å². The molecule has 1 aromatic heterocycles. The number of nitrogens with zero attached hydrogens (tertiary/aromatic N) is 2. The molecule has 1 aromatic rings. The standard InChI is InChI=1S/C8H12N2O3/c1-6-2-10-8(3-9-6)13-5-7(12)4-11/h2-3,7,11-12H,4-5H2,1H3/t7-/m1/s1. The SMILES string of the molecule is Cc1cnc(OC[C@H](O)CO)cn1. The number of rotatable bonds is 4. The lowest BCUT2D eigenvalue weighted by Crippen LogP contribution is -2.21. The molecule has 0 spiro atoms. The number of aryl methyl sites for hydroxylation is 1. The Morgan fingerprint density at radius 2 is 2.23 bits per heavy atom. The molecule has 5 heteroatoms. The van der Waals surface area contributed by atoms with Crippen LogP contribution in [0.2, 0.25) is 0 Å². The molecular weight excluding hydrogens is 172 g/mol. The van der Waals surface area contributed by atoms with Crippen LogP contribution in [0.4, 0.5) is 0 Å². The van der Waals surface area contributed by atoms with Crippen molar-refractivity contribution in [3.05, 3.63) is 18.1 Å². The minimum absolute atomic E-state index is 0.0221. The van der Waals surface area contributed by atoms with Gasteiger partial charge < -0.3 is 14.9 Å². The average Bonchev–Trinajstić information content (AvgIpc) is 2.16. The molecular formula is C8H12N2O3. The van der Waals surface area contributed by atoms with Crippen LogP contribution in [-0.2, 0) is 0 Å². The van der Waals surface area contributed by atoms with Gasteiger partial charge in [-0.3, -0.25) is 4.98 Å². The van der Waals surface area contributed by atoms with Crippen LogP contribution in [0.25, 0.3) is 0 Å². The van der Waals surface area contributed by atoms with Crippen molar-refractivity contribution in [2.75, 3.05) is 13.2 Å². The molecule has 1 atom stereocenters. The first-order chi connectivity index (χ1) is 6.22. The van der Waals surface area contributed by atoms with E-state index < -0.39 is 6.10 Å². The van der Waals surface area contributed by atoms with Gasteiger partial charge in [-0.05, 0) is 6.92 Å². The largest absolute Gasteiger partial charge is 0.474 e. The maximum absolute atomic E-state index is 8.95. The van der Waals surface area contributed by atoms with Crippen LogP contribution in [0.3, 0.4) is 0 Å². The summed E-state index contributed by atoms with van der Waals surface area (Å²) in [5.74, 6) is 0.345. The Morgan fingerprint density at radius 3 is 2.77 bits per heavy atom. The van der Waals surface area contributed by atoms with E-state index in [1.54, 1.807) is 6.20 Å². The number of aromatic nitrogens is 2. The molecule has 0 unspecified atom stereocenters. The second-order valence-corrected chi connectivity index (χ2v) is 2.64. The fourth-order valence-corrected chi connectivity index (χ4v) is 0.690. The van der Waals surface area contributed by atoms with Crippen LogP contribution >= 0.6 is 0 Å². The normalized spacial score (nSPS) is 12.5. The zero-order valence-electron chi connectivity index (χ0n) is 7.34. The Bertz CT molecular complexity index is 250. The summed E-state index contributed by atoms with van der Waals surface area (Å²) in [7, 11) is 0. The average molecular weight is 184 g/mol. The molecule has 1 heterocycles. The predicted molar refractivity (Wildman–Crippen MR) is 45.4 cm³/mol. The van der Waals surface area contributed by atoms with Crippen LogP contribution in [0.15, 0.2) is 12.4 Å². The van der Waals surface area contributed by atoms with Crippen molar-refractivity contribution >= 4 is 0 Å². The Hall–Kier alpha value is -1.20. The zero-order valence-corrected chi connectivity index (χ0v) is 7.34. The second-order valence-electron chi connectivity index (χ2n) is 2.64. The summed E-state index contributed by atoms with van der Waals surface area (Å²) in [5.41, 5.74) is 0.801. The zero-order chi connectivity index (χ0) is 9.68.